The van der Waals surface area contributed by atoms with Crippen LogP contribution in [0.3, 0.4) is 0 Å². The molecule has 0 saturated carbocycles. The lowest BCUT2D eigenvalue weighted by Gasteiger charge is -2.08. The first kappa shape index (κ1) is 37.4. The van der Waals surface area contributed by atoms with Gasteiger partial charge in [0.05, 0.1) is 0 Å². The molecule has 0 atom stereocenters. The van der Waals surface area contributed by atoms with Gasteiger partial charge in [-0.05, 0) is 94.6 Å². The fourth-order valence-corrected chi connectivity index (χ4v) is 4.45. The van der Waals surface area contributed by atoms with Crippen LogP contribution in [0.5, 0.6) is 0 Å². The first-order valence-corrected chi connectivity index (χ1v) is 16.1. The number of nitrogens with zero attached hydrogens (tertiary/aromatic N) is 5. The molecular formula is C38H57N5. The molecule has 4 heterocycles. The minimum absolute atomic E-state index is 0.998. The van der Waals surface area contributed by atoms with Gasteiger partial charge in [0.1, 0.15) is 5.82 Å². The maximum Gasteiger partial charge on any atom is 0.127 e. The molecule has 0 bridgehead atoms. The summed E-state index contributed by atoms with van der Waals surface area (Å²) in [5.41, 5.74) is 5.82. The Kier molecular flexibility index (Phi) is 21.7. The molecule has 0 aliphatic carbocycles. The second-order valence-corrected chi connectivity index (χ2v) is 11.2. The first-order valence-electron chi connectivity index (χ1n) is 16.1. The highest BCUT2D eigenvalue weighted by molar-refractivity contribution is 5.34. The average molecular weight is 584 g/mol. The van der Waals surface area contributed by atoms with E-state index in [2.05, 4.69) is 58.0 Å². The van der Waals surface area contributed by atoms with Gasteiger partial charge in [0.2, 0.25) is 0 Å². The van der Waals surface area contributed by atoms with Gasteiger partial charge in [0.15, 0.2) is 0 Å². The van der Waals surface area contributed by atoms with Gasteiger partial charge in [-0.25, -0.2) is 4.98 Å². The Hall–Kier alpha value is -3.60. The van der Waals surface area contributed by atoms with Gasteiger partial charge in [0.25, 0.3) is 0 Å². The zero-order valence-corrected chi connectivity index (χ0v) is 28.1. The van der Waals surface area contributed by atoms with E-state index < -0.39 is 0 Å². The zero-order chi connectivity index (χ0) is 31.5. The van der Waals surface area contributed by atoms with Crippen molar-refractivity contribution in [1.82, 2.24) is 19.9 Å². The van der Waals surface area contributed by atoms with E-state index in [0.717, 1.165) is 29.3 Å². The highest BCUT2D eigenvalue weighted by Gasteiger charge is 1.95. The number of aryl methyl sites for hydroxylation is 5. The summed E-state index contributed by atoms with van der Waals surface area (Å²) in [5, 5.41) is 0. The molecule has 0 N–H and O–H groups in total. The molecule has 0 aliphatic heterocycles. The Bertz CT molecular complexity index is 1110. The summed E-state index contributed by atoms with van der Waals surface area (Å²) in [4.78, 5) is 18.6. The number of aromatic nitrogens is 4. The third-order valence-electron chi connectivity index (χ3n) is 6.66. The number of rotatable bonds is 12. The van der Waals surface area contributed by atoms with Crippen LogP contribution in [0, 0.1) is 27.7 Å². The molecule has 0 aliphatic rings. The summed E-state index contributed by atoms with van der Waals surface area (Å²) in [6.07, 6.45) is 20.7. The second-order valence-electron chi connectivity index (χ2n) is 11.2. The molecule has 0 amide bonds. The monoisotopic (exact) mass is 583 g/mol. The third kappa shape index (κ3) is 21.7. The van der Waals surface area contributed by atoms with Gasteiger partial charge < -0.3 is 4.90 Å². The van der Waals surface area contributed by atoms with Crippen molar-refractivity contribution < 1.29 is 0 Å². The largest absolute Gasteiger partial charge is 0.363 e. The van der Waals surface area contributed by atoms with Crippen molar-refractivity contribution in [2.45, 2.75) is 105 Å². The van der Waals surface area contributed by atoms with Crippen LogP contribution in [0.15, 0.2) is 85.3 Å². The van der Waals surface area contributed by atoms with E-state index in [4.69, 9.17) is 0 Å². The van der Waals surface area contributed by atoms with E-state index >= 15 is 0 Å². The summed E-state index contributed by atoms with van der Waals surface area (Å²) < 4.78 is 0. The molecule has 4 aromatic heterocycles. The van der Waals surface area contributed by atoms with Gasteiger partial charge in [-0.1, -0.05) is 82.9 Å². The molecule has 43 heavy (non-hydrogen) atoms. The van der Waals surface area contributed by atoms with Crippen LogP contribution in [-0.2, 0) is 6.42 Å². The molecule has 0 radical (unpaired) electrons. The normalized spacial score (nSPS) is 9.84. The number of hydrogen-bond donors (Lipinski definition) is 0. The molecule has 5 heteroatoms. The summed E-state index contributed by atoms with van der Waals surface area (Å²) in [5.74, 6) is 0.998. The van der Waals surface area contributed by atoms with Gasteiger partial charge >= 0.3 is 0 Å². The summed E-state index contributed by atoms with van der Waals surface area (Å²) in [7, 11) is 3.95. The van der Waals surface area contributed by atoms with Crippen molar-refractivity contribution in [3.8, 4) is 0 Å². The SMILES string of the molecule is CCCCCCCCCCCCc1ccccn1.CN(C)c1ccccn1.Cc1cc(C)nc(C)c1.Cc1ccccn1. The first-order chi connectivity index (χ1) is 20.8. The highest BCUT2D eigenvalue weighted by atomic mass is 15.1. The second kappa shape index (κ2) is 24.9. The predicted octanol–water partition coefficient (Wildman–Crippen LogP) is 10.1. The van der Waals surface area contributed by atoms with Crippen molar-refractivity contribution in [3.63, 3.8) is 0 Å². The van der Waals surface area contributed by atoms with Crippen LogP contribution < -0.4 is 4.90 Å². The van der Waals surface area contributed by atoms with Gasteiger partial charge in [-0.3, -0.25) is 15.0 Å². The van der Waals surface area contributed by atoms with Crippen molar-refractivity contribution in [2.75, 3.05) is 19.0 Å². The van der Waals surface area contributed by atoms with Crippen LogP contribution in [0.1, 0.15) is 99.5 Å². The van der Waals surface area contributed by atoms with Crippen LogP contribution >= 0.6 is 0 Å². The quantitative estimate of drug-likeness (QED) is 0.155. The standard InChI is InChI=1S/C17H29N.C8H11N.C7H10N2.C6H7N/c1-2-3-4-5-6-7-8-9-10-11-14-17-15-12-13-16-18-17;1-6-4-7(2)9-8(3)5-6;1-9(2)7-5-3-4-6-8-7;1-6-4-2-3-5-7-6/h12-13,15-16H,2-11,14H2,1H3;4-5H,1-3H3;3-6H,1-2H3;2-5H,1H3. The Labute approximate surface area is 263 Å². The van der Waals surface area contributed by atoms with Gasteiger partial charge in [0, 0.05) is 55.5 Å². The van der Waals surface area contributed by atoms with Crippen LogP contribution in [0.25, 0.3) is 0 Å². The Morgan fingerprint density at radius 1 is 0.535 bits per heavy atom. The minimum Gasteiger partial charge on any atom is -0.363 e. The highest BCUT2D eigenvalue weighted by Crippen LogP contribution is 2.11. The van der Waals surface area contributed by atoms with Crippen molar-refractivity contribution in [1.29, 1.82) is 0 Å². The smallest absolute Gasteiger partial charge is 0.127 e. The molecule has 234 valence electrons. The molecule has 0 spiro atoms. The fraction of sp³-hybridized carbons (Fsp3) is 0.474. The topological polar surface area (TPSA) is 54.8 Å². The lowest BCUT2D eigenvalue weighted by atomic mass is 10.1. The molecule has 4 aromatic rings. The van der Waals surface area contributed by atoms with E-state index in [-0.39, 0.29) is 0 Å². The summed E-state index contributed by atoms with van der Waals surface area (Å²) in [6, 6.07) is 22.1. The Morgan fingerprint density at radius 3 is 1.42 bits per heavy atom. The summed E-state index contributed by atoms with van der Waals surface area (Å²) >= 11 is 0. The molecule has 0 unspecified atom stereocenters. The molecule has 0 saturated heterocycles. The maximum atomic E-state index is 4.35. The van der Waals surface area contributed by atoms with Crippen molar-refractivity contribution in [3.05, 3.63) is 114 Å². The van der Waals surface area contributed by atoms with Crippen LogP contribution in [0.4, 0.5) is 5.82 Å². The van der Waals surface area contributed by atoms with E-state index in [1.165, 1.54) is 75.5 Å². The predicted molar refractivity (Wildman–Crippen MR) is 186 cm³/mol. The van der Waals surface area contributed by atoms with Crippen molar-refractivity contribution in [2.24, 2.45) is 0 Å². The average Bonchev–Trinajstić information content (AvgIpc) is 3.00. The van der Waals surface area contributed by atoms with Crippen LogP contribution in [0.2, 0.25) is 0 Å². The number of unbranched alkanes of at least 4 members (excludes halogenated alkanes) is 9. The third-order valence-corrected chi connectivity index (χ3v) is 6.66. The lowest BCUT2D eigenvalue weighted by molar-refractivity contribution is 0.555. The molecule has 0 fully saturated rings. The van der Waals surface area contributed by atoms with E-state index in [1.807, 2.05) is 88.4 Å². The van der Waals surface area contributed by atoms with Gasteiger partial charge in [-0.2, -0.15) is 0 Å². The number of hydrogen-bond acceptors (Lipinski definition) is 5. The van der Waals surface area contributed by atoms with Crippen molar-refractivity contribution >= 4 is 5.82 Å². The number of pyridine rings is 4. The number of anilines is 1. The molecule has 4 rings (SSSR count). The lowest BCUT2D eigenvalue weighted by Crippen LogP contribution is -2.09. The molecule has 5 nitrogen and oxygen atoms in total. The fourth-order valence-electron chi connectivity index (χ4n) is 4.45. The van der Waals surface area contributed by atoms with E-state index in [9.17, 15) is 0 Å². The minimum atomic E-state index is 0.998. The molecular weight excluding hydrogens is 526 g/mol. The van der Waals surface area contributed by atoms with E-state index in [0.29, 0.717) is 0 Å². The summed E-state index contributed by atoms with van der Waals surface area (Å²) in [6.45, 7) is 10.4. The molecule has 0 aromatic carbocycles. The van der Waals surface area contributed by atoms with Crippen LogP contribution in [-0.4, -0.2) is 34.0 Å². The Balaban J connectivity index is 0.000000310. The van der Waals surface area contributed by atoms with Gasteiger partial charge in [-0.15, -0.1) is 0 Å². The maximum absolute atomic E-state index is 4.35. The zero-order valence-electron chi connectivity index (χ0n) is 28.1. The van der Waals surface area contributed by atoms with E-state index in [1.54, 1.807) is 12.4 Å². The Morgan fingerprint density at radius 2 is 1.05 bits per heavy atom.